The first-order chi connectivity index (χ1) is 16.6. The summed E-state index contributed by atoms with van der Waals surface area (Å²) in [6.07, 6.45) is 2.86. The first kappa shape index (κ1) is 23.8. The summed E-state index contributed by atoms with van der Waals surface area (Å²) >= 11 is 1.60. The Labute approximate surface area is 204 Å². The maximum Gasteiger partial charge on any atom is 0.336 e. The van der Waals surface area contributed by atoms with E-state index in [2.05, 4.69) is 11.5 Å². The molecule has 34 heavy (non-hydrogen) atoms. The van der Waals surface area contributed by atoms with E-state index < -0.39 is 5.97 Å². The molecule has 1 aromatic heterocycles. The lowest BCUT2D eigenvalue weighted by atomic mass is 9.95. The molecule has 0 aliphatic heterocycles. The highest BCUT2D eigenvalue weighted by molar-refractivity contribution is 7.99. The molecule has 3 aromatic carbocycles. The van der Waals surface area contributed by atoms with Crippen LogP contribution in [0.2, 0.25) is 0 Å². The summed E-state index contributed by atoms with van der Waals surface area (Å²) in [5.74, 6) is -0.00906. The van der Waals surface area contributed by atoms with E-state index in [0.717, 1.165) is 46.1 Å². The number of aromatic carboxylic acids is 1. The second-order valence-corrected chi connectivity index (χ2v) is 9.11. The molecule has 6 heteroatoms. The van der Waals surface area contributed by atoms with Gasteiger partial charge in [-0.15, -0.1) is 0 Å². The van der Waals surface area contributed by atoms with Crippen LogP contribution >= 0.6 is 11.8 Å². The topological polar surface area (TPSA) is 75.4 Å². The molecule has 2 N–H and O–H groups in total. The maximum absolute atomic E-state index is 11.9. The van der Waals surface area contributed by atoms with Gasteiger partial charge in [-0.2, -0.15) is 0 Å². The number of aryl methyl sites for hydroxylation is 1. The monoisotopic (exact) mass is 472 g/mol. The summed E-state index contributed by atoms with van der Waals surface area (Å²) in [5.41, 5.74) is 3.54. The molecule has 4 rings (SSSR count). The van der Waals surface area contributed by atoms with Crippen LogP contribution in [-0.2, 0) is 19.6 Å². The van der Waals surface area contributed by atoms with E-state index in [4.69, 9.17) is 4.98 Å². The van der Waals surface area contributed by atoms with Gasteiger partial charge < -0.3 is 14.8 Å². The second-order valence-electron chi connectivity index (χ2n) is 8.05. The SMILES string of the molecule is CCCCc1nc(CO)c(Sc2ccccc2)n1Cc1ccccc1-c1ccccc1C(=O)O. The van der Waals surface area contributed by atoms with Gasteiger partial charge in [0.1, 0.15) is 10.9 Å². The van der Waals surface area contributed by atoms with E-state index in [9.17, 15) is 15.0 Å². The number of nitrogens with zero attached hydrogens (tertiary/aromatic N) is 2. The summed E-state index contributed by atoms with van der Waals surface area (Å²) in [6, 6.07) is 25.1. The number of benzene rings is 3. The third kappa shape index (κ3) is 5.24. The third-order valence-electron chi connectivity index (χ3n) is 5.72. The van der Waals surface area contributed by atoms with E-state index in [-0.39, 0.29) is 12.2 Å². The number of imidazole rings is 1. The van der Waals surface area contributed by atoms with Gasteiger partial charge in [0.2, 0.25) is 0 Å². The molecule has 4 aromatic rings. The lowest BCUT2D eigenvalue weighted by Gasteiger charge is -2.16. The fourth-order valence-electron chi connectivity index (χ4n) is 4.04. The molecule has 0 aliphatic rings. The number of carbonyl (C=O) groups is 1. The molecule has 0 spiro atoms. The molecule has 0 bridgehead atoms. The molecule has 0 aliphatic carbocycles. The largest absolute Gasteiger partial charge is 0.478 e. The number of rotatable bonds is 10. The van der Waals surface area contributed by atoms with E-state index in [1.165, 1.54) is 0 Å². The standard InChI is InChI=1S/C28H28N2O3S/c1-2-3-17-26-29-25(19-31)27(34-21-12-5-4-6-13-21)30(26)18-20-11-7-8-14-22(20)23-15-9-10-16-24(23)28(32)33/h4-16,31H,2-3,17-19H2,1H3,(H,32,33). The number of aliphatic hydroxyl groups excluding tert-OH is 1. The summed E-state index contributed by atoms with van der Waals surface area (Å²) in [5, 5.41) is 20.8. The Kier molecular flexibility index (Phi) is 7.83. The van der Waals surface area contributed by atoms with Gasteiger partial charge in [0.25, 0.3) is 0 Å². The number of carboxylic acid groups (broad SMARTS) is 1. The van der Waals surface area contributed by atoms with E-state index in [1.54, 1.807) is 23.9 Å². The van der Waals surface area contributed by atoms with Gasteiger partial charge in [0.05, 0.1) is 24.4 Å². The highest BCUT2D eigenvalue weighted by Crippen LogP contribution is 2.34. The molecule has 0 amide bonds. The molecule has 5 nitrogen and oxygen atoms in total. The van der Waals surface area contributed by atoms with Crippen molar-refractivity contribution in [3.63, 3.8) is 0 Å². The van der Waals surface area contributed by atoms with Crippen LogP contribution in [0.5, 0.6) is 0 Å². The van der Waals surface area contributed by atoms with Crippen molar-refractivity contribution < 1.29 is 15.0 Å². The van der Waals surface area contributed by atoms with Crippen LogP contribution in [0, 0.1) is 0 Å². The van der Waals surface area contributed by atoms with Crippen LogP contribution in [0.4, 0.5) is 0 Å². The second kappa shape index (κ2) is 11.2. The van der Waals surface area contributed by atoms with Gasteiger partial charge in [-0.1, -0.05) is 85.8 Å². The molecular weight excluding hydrogens is 444 g/mol. The smallest absolute Gasteiger partial charge is 0.336 e. The zero-order chi connectivity index (χ0) is 23.9. The number of unbranched alkanes of at least 4 members (excludes halogenated alkanes) is 1. The van der Waals surface area contributed by atoms with Crippen LogP contribution < -0.4 is 0 Å². The zero-order valence-corrected chi connectivity index (χ0v) is 20.0. The van der Waals surface area contributed by atoms with Crippen molar-refractivity contribution in [2.24, 2.45) is 0 Å². The molecule has 0 saturated heterocycles. The normalized spacial score (nSPS) is 11.0. The van der Waals surface area contributed by atoms with Gasteiger partial charge >= 0.3 is 5.97 Å². The molecule has 1 heterocycles. The Bertz CT molecular complexity index is 1270. The lowest BCUT2D eigenvalue weighted by Crippen LogP contribution is -2.09. The Hall–Kier alpha value is -3.35. The van der Waals surface area contributed by atoms with Crippen molar-refractivity contribution in [1.29, 1.82) is 0 Å². The highest BCUT2D eigenvalue weighted by Gasteiger charge is 2.20. The number of aliphatic hydroxyl groups is 1. The summed E-state index contributed by atoms with van der Waals surface area (Å²) < 4.78 is 2.18. The number of aromatic nitrogens is 2. The molecule has 0 radical (unpaired) electrons. The number of hydrogen-bond donors (Lipinski definition) is 2. The number of hydrogen-bond acceptors (Lipinski definition) is 4. The first-order valence-corrected chi connectivity index (χ1v) is 12.3. The summed E-state index contributed by atoms with van der Waals surface area (Å²) in [7, 11) is 0. The Morgan fingerprint density at radius 3 is 2.32 bits per heavy atom. The molecule has 174 valence electrons. The zero-order valence-electron chi connectivity index (χ0n) is 19.1. The van der Waals surface area contributed by atoms with E-state index in [0.29, 0.717) is 17.8 Å². The number of carboxylic acids is 1. The minimum Gasteiger partial charge on any atom is -0.478 e. The van der Waals surface area contributed by atoms with E-state index >= 15 is 0 Å². The minimum absolute atomic E-state index is 0.134. The first-order valence-electron chi connectivity index (χ1n) is 11.4. The van der Waals surface area contributed by atoms with Crippen molar-refractivity contribution in [2.45, 2.75) is 49.3 Å². The van der Waals surface area contributed by atoms with E-state index in [1.807, 2.05) is 66.7 Å². The van der Waals surface area contributed by atoms with Gasteiger partial charge in [-0.3, -0.25) is 0 Å². The predicted molar refractivity (Wildman–Crippen MR) is 135 cm³/mol. The van der Waals surface area contributed by atoms with Crippen molar-refractivity contribution in [1.82, 2.24) is 9.55 Å². The quantitative estimate of drug-likeness (QED) is 0.284. The Balaban J connectivity index is 1.81. The van der Waals surface area contributed by atoms with Gasteiger partial charge in [-0.25, -0.2) is 9.78 Å². The average molecular weight is 473 g/mol. The van der Waals surface area contributed by atoms with Gasteiger partial charge in [-0.05, 0) is 41.3 Å². The maximum atomic E-state index is 11.9. The highest BCUT2D eigenvalue weighted by atomic mass is 32.2. The predicted octanol–water partition coefficient (Wildman–Crippen LogP) is 6.28. The minimum atomic E-state index is -0.945. The van der Waals surface area contributed by atoms with Crippen LogP contribution in [0.25, 0.3) is 11.1 Å². The van der Waals surface area contributed by atoms with Crippen LogP contribution in [0.15, 0.2) is 88.8 Å². The van der Waals surface area contributed by atoms with Crippen LogP contribution in [0.3, 0.4) is 0 Å². The van der Waals surface area contributed by atoms with Crippen molar-refractivity contribution in [2.75, 3.05) is 0 Å². The van der Waals surface area contributed by atoms with Gasteiger partial charge in [0, 0.05) is 11.3 Å². The Morgan fingerprint density at radius 2 is 1.62 bits per heavy atom. The molecule has 0 fully saturated rings. The van der Waals surface area contributed by atoms with Crippen LogP contribution in [0.1, 0.15) is 47.2 Å². The molecule has 0 saturated carbocycles. The van der Waals surface area contributed by atoms with Crippen LogP contribution in [-0.4, -0.2) is 25.7 Å². The fraction of sp³-hybridized carbons (Fsp3) is 0.214. The molecule has 0 atom stereocenters. The van der Waals surface area contributed by atoms with Crippen molar-refractivity contribution >= 4 is 17.7 Å². The lowest BCUT2D eigenvalue weighted by molar-refractivity contribution is 0.0697. The van der Waals surface area contributed by atoms with Crippen molar-refractivity contribution in [3.05, 3.63) is 102 Å². The third-order valence-corrected chi connectivity index (χ3v) is 6.88. The average Bonchev–Trinajstić information content (AvgIpc) is 3.19. The summed E-state index contributed by atoms with van der Waals surface area (Å²) in [6.45, 7) is 2.55. The van der Waals surface area contributed by atoms with Crippen molar-refractivity contribution in [3.8, 4) is 11.1 Å². The molecule has 0 unspecified atom stereocenters. The molecular formula is C28H28N2O3S. The summed E-state index contributed by atoms with van der Waals surface area (Å²) in [4.78, 5) is 17.8. The van der Waals surface area contributed by atoms with Gasteiger partial charge in [0.15, 0.2) is 0 Å². The fourth-order valence-corrected chi connectivity index (χ4v) is 5.06. The Morgan fingerprint density at radius 1 is 0.941 bits per heavy atom.